The number of amides is 1. The summed E-state index contributed by atoms with van der Waals surface area (Å²) < 4.78 is 42.5. The quantitative estimate of drug-likeness (QED) is 0.604. The van der Waals surface area contributed by atoms with Crippen molar-refractivity contribution in [3.8, 4) is 5.75 Å². The molecule has 1 aromatic carbocycles. The van der Waals surface area contributed by atoms with E-state index in [0.717, 1.165) is 10.5 Å². The third-order valence-electron chi connectivity index (χ3n) is 3.43. The van der Waals surface area contributed by atoms with Crippen molar-refractivity contribution >= 4 is 17.2 Å². The molecule has 11 heteroatoms. The molecule has 0 atom stereocenters. The maximum atomic E-state index is 12.5. The van der Waals surface area contributed by atoms with Crippen LogP contribution >= 0.6 is 0 Å². The summed E-state index contributed by atoms with van der Waals surface area (Å²) in [7, 11) is 0. The number of alkyl halides is 3. The van der Waals surface area contributed by atoms with Crippen LogP contribution in [0.5, 0.6) is 5.75 Å². The third-order valence-corrected chi connectivity index (χ3v) is 3.43. The number of hydrogen-bond acceptors (Lipinski definition) is 5. The number of rotatable bonds is 4. The average molecular weight is 367 g/mol. The van der Waals surface area contributed by atoms with Gasteiger partial charge in [0.2, 0.25) is 0 Å². The van der Waals surface area contributed by atoms with Crippen LogP contribution in [0.2, 0.25) is 0 Å². The van der Waals surface area contributed by atoms with Gasteiger partial charge in [0.25, 0.3) is 5.91 Å². The first-order valence-electron chi connectivity index (χ1n) is 7.22. The van der Waals surface area contributed by atoms with Crippen LogP contribution in [0.15, 0.2) is 41.3 Å². The molecule has 2 aromatic heterocycles. The fourth-order valence-electron chi connectivity index (χ4n) is 2.25. The normalized spacial score (nSPS) is 11.5. The number of fused-ring (bicyclic) bond motifs is 1. The van der Waals surface area contributed by atoms with Crippen LogP contribution in [0.25, 0.3) is 5.65 Å². The molecular weight excluding hydrogens is 355 g/mol. The van der Waals surface area contributed by atoms with Gasteiger partial charge in [-0.3, -0.25) is 4.79 Å². The second-order valence-electron chi connectivity index (χ2n) is 5.27. The number of benzene rings is 1. The van der Waals surface area contributed by atoms with Gasteiger partial charge in [0.15, 0.2) is 5.65 Å². The summed E-state index contributed by atoms with van der Waals surface area (Å²) in [6, 6.07) is 6.61. The van der Waals surface area contributed by atoms with Crippen molar-refractivity contribution in [1.82, 2.24) is 19.9 Å². The van der Waals surface area contributed by atoms with Crippen molar-refractivity contribution in [2.75, 3.05) is 5.73 Å². The number of nitrogens with zero attached hydrogens (tertiary/aromatic N) is 2. The first-order chi connectivity index (χ1) is 12.2. The zero-order valence-electron chi connectivity index (χ0n) is 13.0. The molecule has 2 heterocycles. The minimum Gasteiger partial charge on any atom is -0.405 e. The molecule has 0 aliphatic heterocycles. The van der Waals surface area contributed by atoms with E-state index in [1.807, 2.05) is 0 Å². The maximum absolute atomic E-state index is 12.5. The van der Waals surface area contributed by atoms with Gasteiger partial charge in [0.1, 0.15) is 5.75 Å². The number of halogens is 3. The van der Waals surface area contributed by atoms with Gasteiger partial charge in [0.05, 0.1) is 5.56 Å². The zero-order valence-corrected chi connectivity index (χ0v) is 13.0. The number of aromatic nitrogens is 3. The minimum atomic E-state index is -4.89. The van der Waals surface area contributed by atoms with E-state index < -0.39 is 23.7 Å². The number of hydrogen-bond donors (Lipinski definition) is 3. The zero-order chi connectivity index (χ0) is 18.9. The SMILES string of the molecule is Nc1ccc(CNC(=O)c2ccc3n[nH]c(=O)n3c2)c(OC(F)(F)F)c1. The van der Waals surface area contributed by atoms with E-state index in [4.69, 9.17) is 5.73 Å². The molecule has 3 aromatic rings. The van der Waals surface area contributed by atoms with E-state index in [1.165, 1.54) is 30.5 Å². The predicted molar refractivity (Wildman–Crippen MR) is 84.5 cm³/mol. The highest BCUT2D eigenvalue weighted by molar-refractivity contribution is 5.94. The number of nitrogens with one attached hydrogen (secondary N) is 2. The number of nitrogens with two attached hydrogens (primary N) is 1. The molecule has 8 nitrogen and oxygen atoms in total. The van der Waals surface area contributed by atoms with Gasteiger partial charge in [-0.15, -0.1) is 13.2 Å². The van der Waals surface area contributed by atoms with Crippen LogP contribution in [-0.4, -0.2) is 26.9 Å². The molecule has 0 bridgehead atoms. The second kappa shape index (κ2) is 6.43. The van der Waals surface area contributed by atoms with E-state index in [2.05, 4.69) is 20.3 Å². The van der Waals surface area contributed by atoms with E-state index in [0.29, 0.717) is 5.65 Å². The minimum absolute atomic E-state index is 0.0871. The smallest absolute Gasteiger partial charge is 0.405 e. The Kier molecular flexibility index (Phi) is 4.28. The van der Waals surface area contributed by atoms with E-state index >= 15 is 0 Å². The number of carbonyl (C=O) groups excluding carboxylic acids is 1. The van der Waals surface area contributed by atoms with Gasteiger partial charge < -0.3 is 15.8 Å². The highest BCUT2D eigenvalue weighted by Gasteiger charge is 2.32. The Morgan fingerprint density at radius 2 is 2.08 bits per heavy atom. The Morgan fingerprint density at radius 3 is 2.81 bits per heavy atom. The number of carbonyl (C=O) groups is 1. The van der Waals surface area contributed by atoms with Crippen molar-refractivity contribution in [3.05, 3.63) is 58.1 Å². The molecule has 0 aliphatic rings. The Labute approximate surface area is 143 Å². The van der Waals surface area contributed by atoms with Crippen molar-refractivity contribution in [1.29, 1.82) is 0 Å². The van der Waals surface area contributed by atoms with Crippen LogP contribution in [-0.2, 0) is 6.54 Å². The standard InChI is InChI=1S/C15H12F3N5O3/c16-15(17,18)26-11-5-10(19)3-1-8(11)6-20-13(24)9-2-4-12-21-22-14(25)23(12)7-9/h1-5,7H,6,19H2,(H,20,24)(H,22,25). The van der Waals surface area contributed by atoms with E-state index in [-0.39, 0.29) is 23.4 Å². The fraction of sp³-hybridized carbons (Fsp3) is 0.133. The maximum Gasteiger partial charge on any atom is 0.573 e. The van der Waals surface area contributed by atoms with Gasteiger partial charge in [-0.1, -0.05) is 6.07 Å². The third kappa shape index (κ3) is 3.77. The average Bonchev–Trinajstić information content (AvgIpc) is 2.93. The van der Waals surface area contributed by atoms with Crippen molar-refractivity contribution in [3.63, 3.8) is 0 Å². The molecule has 1 amide bonds. The topological polar surface area (TPSA) is 115 Å². The van der Waals surface area contributed by atoms with Crippen molar-refractivity contribution in [2.45, 2.75) is 12.9 Å². The first kappa shape index (κ1) is 17.3. The molecule has 26 heavy (non-hydrogen) atoms. The molecule has 0 saturated carbocycles. The lowest BCUT2D eigenvalue weighted by Crippen LogP contribution is -2.25. The number of pyridine rings is 1. The summed E-state index contributed by atoms with van der Waals surface area (Å²) in [5, 5.41) is 8.41. The molecule has 0 saturated heterocycles. The Bertz CT molecular complexity index is 1030. The van der Waals surface area contributed by atoms with Gasteiger partial charge in [-0.2, -0.15) is 5.10 Å². The molecule has 3 rings (SSSR count). The van der Waals surface area contributed by atoms with Crippen LogP contribution in [0, 0.1) is 0 Å². The lowest BCUT2D eigenvalue weighted by molar-refractivity contribution is -0.274. The largest absolute Gasteiger partial charge is 0.573 e. The fourth-order valence-corrected chi connectivity index (χ4v) is 2.25. The molecule has 0 radical (unpaired) electrons. The molecule has 0 spiro atoms. The first-order valence-corrected chi connectivity index (χ1v) is 7.22. The van der Waals surface area contributed by atoms with Gasteiger partial charge >= 0.3 is 12.1 Å². The number of anilines is 1. The summed E-state index contributed by atoms with van der Waals surface area (Å²) in [5.41, 5.74) is 5.59. The highest BCUT2D eigenvalue weighted by atomic mass is 19.4. The summed E-state index contributed by atoms with van der Waals surface area (Å²) >= 11 is 0. The van der Waals surface area contributed by atoms with Gasteiger partial charge in [-0.05, 0) is 18.2 Å². The van der Waals surface area contributed by atoms with Gasteiger partial charge in [-0.25, -0.2) is 14.3 Å². The monoisotopic (exact) mass is 367 g/mol. The van der Waals surface area contributed by atoms with Crippen molar-refractivity contribution in [2.24, 2.45) is 0 Å². The Morgan fingerprint density at radius 1 is 1.31 bits per heavy atom. The number of ether oxygens (including phenoxy) is 1. The lowest BCUT2D eigenvalue weighted by atomic mass is 10.1. The van der Waals surface area contributed by atoms with Crippen LogP contribution < -0.4 is 21.5 Å². The van der Waals surface area contributed by atoms with Crippen molar-refractivity contribution < 1.29 is 22.7 Å². The lowest BCUT2D eigenvalue weighted by Gasteiger charge is -2.14. The van der Waals surface area contributed by atoms with E-state index in [1.54, 1.807) is 0 Å². The molecule has 136 valence electrons. The van der Waals surface area contributed by atoms with Crippen LogP contribution in [0.3, 0.4) is 0 Å². The highest BCUT2D eigenvalue weighted by Crippen LogP contribution is 2.28. The molecule has 0 fully saturated rings. The van der Waals surface area contributed by atoms with Gasteiger partial charge in [0, 0.05) is 30.1 Å². The molecule has 0 unspecified atom stereocenters. The Balaban J connectivity index is 1.78. The van der Waals surface area contributed by atoms with Crippen LogP contribution in [0.4, 0.5) is 18.9 Å². The Hall–Kier alpha value is -3.50. The predicted octanol–water partition coefficient (Wildman–Crippen LogP) is 1.43. The number of H-pyrrole nitrogens is 1. The molecule has 4 N–H and O–H groups in total. The summed E-state index contributed by atoms with van der Waals surface area (Å²) in [6.45, 7) is -0.233. The molecule has 0 aliphatic carbocycles. The number of aromatic amines is 1. The van der Waals surface area contributed by atoms with E-state index in [9.17, 15) is 22.8 Å². The summed E-state index contributed by atoms with van der Waals surface area (Å²) in [5.74, 6) is -1.09. The second-order valence-corrected chi connectivity index (χ2v) is 5.27. The van der Waals surface area contributed by atoms with Crippen LogP contribution in [0.1, 0.15) is 15.9 Å². The molecular formula is C15H12F3N5O3. The number of nitrogen functional groups attached to an aromatic ring is 1. The summed E-state index contributed by atoms with van der Waals surface area (Å²) in [4.78, 5) is 23.7. The summed E-state index contributed by atoms with van der Waals surface area (Å²) in [6.07, 6.45) is -3.62.